The van der Waals surface area contributed by atoms with E-state index in [2.05, 4.69) is 22.1 Å². The van der Waals surface area contributed by atoms with E-state index >= 15 is 0 Å². The monoisotopic (exact) mass is 494 g/mol. The van der Waals surface area contributed by atoms with Crippen LogP contribution in [0.3, 0.4) is 0 Å². The lowest BCUT2D eigenvalue weighted by Crippen LogP contribution is -2.54. The van der Waals surface area contributed by atoms with Crippen LogP contribution < -0.4 is 10.1 Å². The van der Waals surface area contributed by atoms with Gasteiger partial charge in [0.05, 0.1) is 18.8 Å². The third kappa shape index (κ3) is 6.02. The van der Waals surface area contributed by atoms with Crippen LogP contribution >= 0.6 is 0 Å². The zero-order valence-electron chi connectivity index (χ0n) is 21.4. The predicted octanol–water partition coefficient (Wildman–Crippen LogP) is 5.26. The highest BCUT2D eigenvalue weighted by Crippen LogP contribution is 2.26. The molecule has 1 atom stereocenters. The average molecular weight is 495 g/mol. The molecule has 1 unspecified atom stereocenters. The molecule has 1 aromatic heterocycles. The van der Waals surface area contributed by atoms with E-state index in [1.165, 1.54) is 7.11 Å². The molecule has 1 heterocycles. The summed E-state index contributed by atoms with van der Waals surface area (Å²) in [5.74, 6) is 5.64. The Bertz CT molecular complexity index is 1480. The lowest BCUT2D eigenvalue weighted by atomic mass is 9.91. The van der Waals surface area contributed by atoms with Crippen molar-refractivity contribution in [1.82, 2.24) is 10.3 Å². The number of nitrogens with one attached hydrogen (secondary N) is 2. The second-order valence-electron chi connectivity index (χ2n) is 9.31. The maximum Gasteiger partial charge on any atom is 0.331 e. The minimum absolute atomic E-state index is 0.147. The van der Waals surface area contributed by atoms with E-state index in [9.17, 15) is 9.59 Å². The Morgan fingerprint density at radius 1 is 0.973 bits per heavy atom. The van der Waals surface area contributed by atoms with Gasteiger partial charge in [-0.25, -0.2) is 4.79 Å². The van der Waals surface area contributed by atoms with Crippen LogP contribution in [0.5, 0.6) is 5.75 Å². The van der Waals surface area contributed by atoms with Gasteiger partial charge in [-0.15, -0.1) is 0 Å². The van der Waals surface area contributed by atoms with Gasteiger partial charge in [0.15, 0.2) is 0 Å². The number of para-hydroxylation sites is 1. The molecule has 0 spiro atoms. The first kappa shape index (κ1) is 25.6. The summed E-state index contributed by atoms with van der Waals surface area (Å²) in [6.07, 6.45) is 1.94. The molecule has 188 valence electrons. The number of hydrogen-bond donors (Lipinski definition) is 2. The van der Waals surface area contributed by atoms with Gasteiger partial charge < -0.3 is 19.8 Å². The first-order valence-electron chi connectivity index (χ1n) is 12.1. The third-order valence-electron chi connectivity index (χ3n) is 5.96. The van der Waals surface area contributed by atoms with Crippen molar-refractivity contribution >= 4 is 22.8 Å². The summed E-state index contributed by atoms with van der Waals surface area (Å²) in [4.78, 5) is 29.8. The van der Waals surface area contributed by atoms with Crippen molar-refractivity contribution in [3.63, 3.8) is 0 Å². The quantitative estimate of drug-likeness (QED) is 0.271. The zero-order valence-corrected chi connectivity index (χ0v) is 21.4. The molecule has 6 nitrogen and oxygen atoms in total. The lowest BCUT2D eigenvalue weighted by molar-refractivity contribution is -0.147. The minimum Gasteiger partial charge on any atom is -0.490 e. The standard InChI is InChI=1S/C31H30N2O4/c1-21(2)37-28-17-16-23(15-14-22-10-6-5-7-11-22)18-26(28)29(34)33-31(3,30(35)36-4)19-24-20-32-27-13-9-8-12-25(24)27/h5-13,16-18,20-21,32H,19H2,1-4H3,(H,33,34). The summed E-state index contributed by atoms with van der Waals surface area (Å²) in [7, 11) is 1.31. The van der Waals surface area contributed by atoms with E-state index in [0.717, 1.165) is 22.0 Å². The summed E-state index contributed by atoms with van der Waals surface area (Å²) >= 11 is 0. The van der Waals surface area contributed by atoms with E-state index in [4.69, 9.17) is 9.47 Å². The number of aromatic amines is 1. The van der Waals surface area contributed by atoms with Crippen LogP contribution in [0.15, 0.2) is 79.0 Å². The molecule has 0 aliphatic heterocycles. The van der Waals surface area contributed by atoms with Gasteiger partial charge in [0.2, 0.25) is 0 Å². The number of aromatic nitrogens is 1. The molecule has 0 fully saturated rings. The normalized spacial score (nSPS) is 12.4. The second-order valence-corrected chi connectivity index (χ2v) is 9.31. The Morgan fingerprint density at radius 3 is 2.41 bits per heavy atom. The fourth-order valence-corrected chi connectivity index (χ4v) is 4.18. The highest BCUT2D eigenvalue weighted by Gasteiger charge is 2.38. The fraction of sp³-hybridized carbons (Fsp3) is 0.226. The van der Waals surface area contributed by atoms with Crippen molar-refractivity contribution in [2.75, 3.05) is 7.11 Å². The molecule has 4 aromatic rings. The van der Waals surface area contributed by atoms with Crippen molar-refractivity contribution in [3.8, 4) is 17.6 Å². The maximum atomic E-state index is 13.6. The van der Waals surface area contributed by atoms with E-state index in [-0.39, 0.29) is 12.5 Å². The van der Waals surface area contributed by atoms with E-state index < -0.39 is 17.4 Å². The Labute approximate surface area is 217 Å². The largest absolute Gasteiger partial charge is 0.490 e. The van der Waals surface area contributed by atoms with Gasteiger partial charge in [0.25, 0.3) is 5.91 Å². The molecular weight excluding hydrogens is 464 g/mol. The summed E-state index contributed by atoms with van der Waals surface area (Å²) < 4.78 is 11.0. The smallest absolute Gasteiger partial charge is 0.331 e. The first-order chi connectivity index (χ1) is 17.8. The van der Waals surface area contributed by atoms with Gasteiger partial charge in [-0.3, -0.25) is 4.79 Å². The predicted molar refractivity (Wildman–Crippen MR) is 145 cm³/mol. The first-order valence-corrected chi connectivity index (χ1v) is 12.1. The highest BCUT2D eigenvalue weighted by molar-refractivity contribution is 6.00. The molecule has 0 aliphatic rings. The molecule has 0 bridgehead atoms. The van der Waals surface area contributed by atoms with Gasteiger partial charge in [0, 0.05) is 34.6 Å². The van der Waals surface area contributed by atoms with E-state index in [0.29, 0.717) is 16.9 Å². The second kappa shape index (κ2) is 11.0. The summed E-state index contributed by atoms with van der Waals surface area (Å²) in [5.41, 5.74) is 2.34. The zero-order chi connectivity index (χ0) is 26.4. The Balaban J connectivity index is 1.67. The number of rotatable bonds is 7. The fourth-order valence-electron chi connectivity index (χ4n) is 4.18. The van der Waals surface area contributed by atoms with Gasteiger partial charge in [0.1, 0.15) is 11.3 Å². The van der Waals surface area contributed by atoms with Crippen LogP contribution in [0, 0.1) is 11.8 Å². The maximum absolute atomic E-state index is 13.6. The van der Waals surface area contributed by atoms with Crippen molar-refractivity contribution in [1.29, 1.82) is 0 Å². The van der Waals surface area contributed by atoms with Gasteiger partial charge >= 0.3 is 5.97 Å². The van der Waals surface area contributed by atoms with E-state index in [1.54, 1.807) is 19.1 Å². The number of esters is 1. The molecule has 2 N–H and O–H groups in total. The third-order valence-corrected chi connectivity index (χ3v) is 5.96. The molecule has 0 radical (unpaired) electrons. The molecule has 37 heavy (non-hydrogen) atoms. The number of carbonyl (C=O) groups is 2. The molecule has 6 heteroatoms. The lowest BCUT2D eigenvalue weighted by Gasteiger charge is -2.28. The SMILES string of the molecule is COC(=O)C(C)(Cc1c[nH]c2ccccc12)NC(=O)c1cc(C#Cc2ccccc2)ccc1OC(C)C. The van der Waals surface area contributed by atoms with Crippen LogP contribution in [-0.4, -0.2) is 35.6 Å². The minimum atomic E-state index is -1.32. The van der Waals surface area contributed by atoms with Crippen molar-refractivity contribution in [3.05, 3.63) is 101 Å². The molecule has 0 aliphatic carbocycles. The van der Waals surface area contributed by atoms with Crippen molar-refractivity contribution in [2.45, 2.75) is 38.8 Å². The number of methoxy groups -OCH3 is 1. The summed E-state index contributed by atoms with van der Waals surface area (Å²) in [6.45, 7) is 5.45. The van der Waals surface area contributed by atoms with Crippen LogP contribution in [-0.2, 0) is 16.0 Å². The number of hydrogen-bond acceptors (Lipinski definition) is 4. The molecule has 4 rings (SSSR count). The molecule has 1 amide bonds. The van der Waals surface area contributed by atoms with Crippen LogP contribution in [0.2, 0.25) is 0 Å². The van der Waals surface area contributed by atoms with Crippen LogP contribution in [0.4, 0.5) is 0 Å². The topological polar surface area (TPSA) is 80.4 Å². The number of ether oxygens (including phenoxy) is 2. The summed E-state index contributed by atoms with van der Waals surface area (Å²) in [6, 6.07) is 22.7. The number of benzene rings is 3. The summed E-state index contributed by atoms with van der Waals surface area (Å²) in [5, 5.41) is 3.90. The molecule has 3 aromatic carbocycles. The Hall–Kier alpha value is -4.50. The average Bonchev–Trinajstić information content (AvgIpc) is 3.30. The highest BCUT2D eigenvalue weighted by atomic mass is 16.5. The molecule has 0 saturated carbocycles. The van der Waals surface area contributed by atoms with Gasteiger partial charge in [-0.05, 0) is 62.7 Å². The van der Waals surface area contributed by atoms with Crippen molar-refractivity contribution < 1.29 is 19.1 Å². The van der Waals surface area contributed by atoms with Gasteiger partial charge in [-0.2, -0.15) is 0 Å². The number of carbonyl (C=O) groups excluding carboxylic acids is 2. The van der Waals surface area contributed by atoms with E-state index in [1.807, 2.05) is 80.7 Å². The number of H-pyrrole nitrogens is 1. The van der Waals surface area contributed by atoms with Gasteiger partial charge in [-0.1, -0.05) is 48.2 Å². The molecular formula is C31H30N2O4. The van der Waals surface area contributed by atoms with Crippen molar-refractivity contribution in [2.24, 2.45) is 0 Å². The Kier molecular flexibility index (Phi) is 7.64. The number of amides is 1. The van der Waals surface area contributed by atoms with Crippen LogP contribution in [0.1, 0.15) is 47.8 Å². The molecule has 0 saturated heterocycles. The number of fused-ring (bicyclic) bond motifs is 1. The van der Waals surface area contributed by atoms with Crippen LogP contribution in [0.25, 0.3) is 10.9 Å². The Morgan fingerprint density at radius 2 is 1.68 bits per heavy atom.